The molecule has 0 saturated heterocycles. The second-order valence-electron chi connectivity index (χ2n) is 4.56. The Labute approximate surface area is 132 Å². The fourth-order valence-electron chi connectivity index (χ4n) is 2.09. The molecule has 1 aromatic rings. The summed E-state index contributed by atoms with van der Waals surface area (Å²) in [5.74, 6) is -3.38. The summed E-state index contributed by atoms with van der Waals surface area (Å²) in [4.78, 5) is 0. The van der Waals surface area contributed by atoms with Crippen LogP contribution in [0.25, 0.3) is 0 Å². The van der Waals surface area contributed by atoms with E-state index in [0.717, 1.165) is 3.57 Å². The number of rotatable bonds is 5. The summed E-state index contributed by atoms with van der Waals surface area (Å²) in [5.41, 5.74) is 0.430. The lowest BCUT2D eigenvalue weighted by Crippen LogP contribution is -2.52. The van der Waals surface area contributed by atoms with Crippen LogP contribution in [0.5, 0.6) is 0 Å². The second-order valence-corrected chi connectivity index (χ2v) is 5.80. The van der Waals surface area contributed by atoms with Crippen molar-refractivity contribution in [2.45, 2.75) is 31.7 Å². The van der Waals surface area contributed by atoms with Gasteiger partial charge in [-0.15, -0.1) is 0 Å². The SMILES string of the molecule is CCNC(Cc1ccc(I)cc1)C(C(F)(F)F)C(F)(F)F. The van der Waals surface area contributed by atoms with E-state index in [9.17, 15) is 26.3 Å². The minimum Gasteiger partial charge on any atom is -0.313 e. The van der Waals surface area contributed by atoms with Crippen LogP contribution in [0.1, 0.15) is 12.5 Å². The van der Waals surface area contributed by atoms with Crippen molar-refractivity contribution in [1.82, 2.24) is 5.32 Å². The Hall–Kier alpha value is -0.510. The highest BCUT2D eigenvalue weighted by Gasteiger charge is 2.59. The van der Waals surface area contributed by atoms with Gasteiger partial charge >= 0.3 is 12.4 Å². The topological polar surface area (TPSA) is 12.0 Å². The number of benzene rings is 1. The molecule has 8 heteroatoms. The van der Waals surface area contributed by atoms with E-state index in [2.05, 4.69) is 5.32 Å². The van der Waals surface area contributed by atoms with Crippen LogP contribution in [0.15, 0.2) is 24.3 Å². The molecule has 0 aliphatic carbocycles. The van der Waals surface area contributed by atoms with Gasteiger partial charge in [-0.1, -0.05) is 19.1 Å². The molecule has 0 aliphatic heterocycles. The third-order valence-electron chi connectivity index (χ3n) is 2.94. The average molecular weight is 425 g/mol. The standard InChI is InChI=1S/C13H14F6IN/c1-2-21-10(7-8-3-5-9(20)6-4-8)11(12(14,15)16)13(17,18)19/h3-6,10-11,21H,2,7H2,1H3. The molecule has 1 nitrogen and oxygen atoms in total. The summed E-state index contributed by atoms with van der Waals surface area (Å²) in [5, 5.41) is 2.32. The van der Waals surface area contributed by atoms with Crippen LogP contribution in [0.2, 0.25) is 0 Å². The van der Waals surface area contributed by atoms with Crippen LogP contribution >= 0.6 is 22.6 Å². The van der Waals surface area contributed by atoms with Gasteiger partial charge in [-0.3, -0.25) is 0 Å². The minimum absolute atomic E-state index is 0.0255. The molecule has 1 aromatic carbocycles. The molecule has 21 heavy (non-hydrogen) atoms. The van der Waals surface area contributed by atoms with E-state index in [1.807, 2.05) is 22.6 Å². The Morgan fingerprint density at radius 3 is 1.86 bits per heavy atom. The molecule has 1 atom stereocenters. The minimum atomic E-state index is -5.34. The normalized spacial score (nSPS) is 14.5. The predicted molar refractivity (Wildman–Crippen MR) is 75.9 cm³/mol. The zero-order valence-electron chi connectivity index (χ0n) is 11.0. The first-order valence-electron chi connectivity index (χ1n) is 6.17. The highest BCUT2D eigenvalue weighted by atomic mass is 127. The van der Waals surface area contributed by atoms with E-state index >= 15 is 0 Å². The molecule has 0 amide bonds. The second kappa shape index (κ2) is 7.17. The van der Waals surface area contributed by atoms with Crippen molar-refractivity contribution in [3.05, 3.63) is 33.4 Å². The maximum atomic E-state index is 12.8. The van der Waals surface area contributed by atoms with E-state index in [0.29, 0.717) is 5.56 Å². The van der Waals surface area contributed by atoms with Crippen molar-refractivity contribution in [3.8, 4) is 0 Å². The Morgan fingerprint density at radius 1 is 1.00 bits per heavy atom. The number of hydrogen-bond acceptors (Lipinski definition) is 1. The summed E-state index contributed by atoms with van der Waals surface area (Å²) < 4.78 is 77.6. The smallest absolute Gasteiger partial charge is 0.313 e. The number of likely N-dealkylation sites (N-methyl/N-ethyl adjacent to an activating group) is 1. The molecule has 1 unspecified atom stereocenters. The first-order chi connectivity index (χ1) is 9.55. The van der Waals surface area contributed by atoms with Crippen LogP contribution in [-0.2, 0) is 6.42 Å². The molecule has 0 bridgehead atoms. The maximum absolute atomic E-state index is 12.8. The van der Waals surface area contributed by atoms with Crippen LogP contribution in [0.3, 0.4) is 0 Å². The van der Waals surface area contributed by atoms with Gasteiger partial charge in [0.25, 0.3) is 0 Å². The van der Waals surface area contributed by atoms with Crippen molar-refractivity contribution in [2.24, 2.45) is 5.92 Å². The van der Waals surface area contributed by atoms with Crippen molar-refractivity contribution >= 4 is 22.6 Å². The van der Waals surface area contributed by atoms with Gasteiger partial charge in [0.15, 0.2) is 5.92 Å². The fourth-order valence-corrected chi connectivity index (χ4v) is 2.45. The van der Waals surface area contributed by atoms with Gasteiger partial charge in [-0.2, -0.15) is 26.3 Å². The zero-order valence-corrected chi connectivity index (χ0v) is 13.2. The highest BCUT2D eigenvalue weighted by Crippen LogP contribution is 2.42. The first kappa shape index (κ1) is 18.5. The molecule has 1 rings (SSSR count). The van der Waals surface area contributed by atoms with Crippen LogP contribution in [0, 0.1) is 9.49 Å². The maximum Gasteiger partial charge on any atom is 0.402 e. The third kappa shape index (κ3) is 5.65. The quantitative estimate of drug-likeness (QED) is 0.539. The van der Waals surface area contributed by atoms with Crippen LogP contribution in [-0.4, -0.2) is 24.9 Å². The Balaban J connectivity index is 3.04. The summed E-state index contributed by atoms with van der Waals surface area (Å²) in [6.07, 6.45) is -11.0. The number of hydrogen-bond donors (Lipinski definition) is 1. The fraction of sp³-hybridized carbons (Fsp3) is 0.538. The zero-order chi connectivity index (χ0) is 16.3. The van der Waals surface area contributed by atoms with Gasteiger partial charge in [-0.25, -0.2) is 0 Å². The van der Waals surface area contributed by atoms with Gasteiger partial charge < -0.3 is 5.32 Å². The first-order valence-corrected chi connectivity index (χ1v) is 7.24. The van der Waals surface area contributed by atoms with Crippen LogP contribution in [0.4, 0.5) is 26.3 Å². The molecule has 0 heterocycles. The summed E-state index contributed by atoms with van der Waals surface area (Å²) in [6, 6.07) is 4.63. The molecule has 0 aliphatic rings. The number of halogens is 7. The lowest BCUT2D eigenvalue weighted by Gasteiger charge is -2.31. The molecule has 0 fully saturated rings. The van der Waals surface area contributed by atoms with E-state index in [4.69, 9.17) is 0 Å². The van der Waals surface area contributed by atoms with Crippen molar-refractivity contribution in [3.63, 3.8) is 0 Å². The predicted octanol–water partition coefficient (Wildman–Crippen LogP) is 4.55. The van der Waals surface area contributed by atoms with Gasteiger partial charge in [0.2, 0.25) is 0 Å². The summed E-state index contributed by atoms with van der Waals surface area (Å²) in [6.45, 7) is 1.50. The lowest BCUT2D eigenvalue weighted by molar-refractivity contribution is -0.291. The molecule has 0 radical (unpaired) electrons. The molecule has 0 saturated carbocycles. The van der Waals surface area contributed by atoms with E-state index in [1.54, 1.807) is 12.1 Å². The van der Waals surface area contributed by atoms with Crippen molar-refractivity contribution in [2.75, 3.05) is 6.54 Å². The summed E-state index contributed by atoms with van der Waals surface area (Å²) >= 11 is 2.01. The Bertz CT molecular complexity index is 425. The highest BCUT2D eigenvalue weighted by molar-refractivity contribution is 14.1. The number of nitrogens with one attached hydrogen (secondary N) is 1. The Morgan fingerprint density at radius 2 is 1.48 bits per heavy atom. The molecular formula is C13H14F6IN. The van der Waals surface area contributed by atoms with Gasteiger partial charge in [0.05, 0.1) is 0 Å². The monoisotopic (exact) mass is 425 g/mol. The molecule has 1 N–H and O–H groups in total. The van der Waals surface area contributed by atoms with Crippen LogP contribution < -0.4 is 5.32 Å². The molecular weight excluding hydrogens is 411 g/mol. The summed E-state index contributed by atoms with van der Waals surface area (Å²) in [7, 11) is 0. The average Bonchev–Trinajstić information content (AvgIpc) is 2.28. The van der Waals surface area contributed by atoms with Gasteiger partial charge in [-0.05, 0) is 53.3 Å². The van der Waals surface area contributed by atoms with Gasteiger partial charge in [0, 0.05) is 9.61 Å². The molecule has 120 valence electrons. The van der Waals surface area contributed by atoms with Gasteiger partial charge in [0.1, 0.15) is 0 Å². The van der Waals surface area contributed by atoms with Crippen molar-refractivity contribution in [1.29, 1.82) is 0 Å². The van der Waals surface area contributed by atoms with E-state index in [1.165, 1.54) is 19.1 Å². The largest absolute Gasteiger partial charge is 0.402 e. The Kier molecular flexibility index (Phi) is 6.33. The number of alkyl halides is 6. The van der Waals surface area contributed by atoms with E-state index < -0.39 is 24.3 Å². The van der Waals surface area contributed by atoms with Crippen molar-refractivity contribution < 1.29 is 26.3 Å². The third-order valence-corrected chi connectivity index (χ3v) is 3.66. The van der Waals surface area contributed by atoms with E-state index in [-0.39, 0.29) is 13.0 Å². The molecule has 0 spiro atoms. The lowest BCUT2D eigenvalue weighted by atomic mass is 9.92. The molecule has 0 aromatic heterocycles.